The third-order valence-corrected chi connectivity index (χ3v) is 3.64. The second-order valence-corrected chi connectivity index (χ2v) is 4.69. The van der Waals surface area contributed by atoms with Crippen LogP contribution in [0.4, 0.5) is 0 Å². The second-order valence-electron chi connectivity index (χ2n) is 4.69. The lowest BCUT2D eigenvalue weighted by atomic mass is 9.91. The normalized spacial score (nSPS) is 12.4. The Labute approximate surface area is 109 Å². The highest BCUT2D eigenvalue weighted by Gasteiger charge is 2.14. The van der Waals surface area contributed by atoms with Crippen LogP contribution in [0.5, 0.6) is 0 Å². The Bertz CT molecular complexity index is 547. The summed E-state index contributed by atoms with van der Waals surface area (Å²) in [5.41, 5.74) is 12.6. The van der Waals surface area contributed by atoms with Gasteiger partial charge in [-0.2, -0.15) is 0 Å². The first-order valence-corrected chi connectivity index (χ1v) is 6.39. The summed E-state index contributed by atoms with van der Waals surface area (Å²) in [6, 6.07) is 8.28. The largest absolute Gasteiger partial charge is 0.320 e. The molecule has 1 atom stereocenters. The summed E-state index contributed by atoms with van der Waals surface area (Å²) in [6.07, 6.45) is 4.70. The Kier molecular flexibility index (Phi) is 3.78. The summed E-state index contributed by atoms with van der Waals surface area (Å²) in [7, 11) is 0. The number of hydrogen-bond donors (Lipinski definition) is 1. The summed E-state index contributed by atoms with van der Waals surface area (Å²) in [6.45, 7) is 6.40. The highest BCUT2D eigenvalue weighted by Crippen LogP contribution is 2.26. The van der Waals surface area contributed by atoms with Crippen LogP contribution in [0.1, 0.15) is 40.8 Å². The van der Waals surface area contributed by atoms with Crippen molar-refractivity contribution in [2.75, 3.05) is 0 Å². The summed E-state index contributed by atoms with van der Waals surface area (Å²) in [4.78, 5) is 4.18. The molecule has 0 aliphatic carbocycles. The van der Waals surface area contributed by atoms with Gasteiger partial charge >= 0.3 is 0 Å². The summed E-state index contributed by atoms with van der Waals surface area (Å²) in [5.74, 6) is 0. The van der Waals surface area contributed by atoms with Gasteiger partial charge in [-0.25, -0.2) is 0 Å². The van der Waals surface area contributed by atoms with Gasteiger partial charge in [0, 0.05) is 12.4 Å². The average molecular weight is 240 g/mol. The predicted molar refractivity (Wildman–Crippen MR) is 75.6 cm³/mol. The van der Waals surface area contributed by atoms with E-state index in [0.717, 1.165) is 6.42 Å². The molecule has 1 aromatic carbocycles. The third kappa shape index (κ3) is 2.29. The van der Waals surface area contributed by atoms with Crippen LogP contribution in [0.2, 0.25) is 0 Å². The highest BCUT2D eigenvalue weighted by atomic mass is 14.7. The molecule has 1 heterocycles. The van der Waals surface area contributed by atoms with Crippen LogP contribution >= 0.6 is 0 Å². The molecule has 0 saturated heterocycles. The number of nitrogens with two attached hydrogens (primary N) is 1. The lowest BCUT2D eigenvalue weighted by Crippen LogP contribution is -2.15. The van der Waals surface area contributed by atoms with E-state index in [1.807, 2.05) is 18.5 Å². The quantitative estimate of drug-likeness (QED) is 0.894. The maximum atomic E-state index is 6.43. The van der Waals surface area contributed by atoms with Gasteiger partial charge in [-0.1, -0.05) is 25.1 Å². The van der Waals surface area contributed by atoms with Crippen molar-refractivity contribution in [3.63, 3.8) is 0 Å². The molecule has 2 N–H and O–H groups in total. The summed E-state index contributed by atoms with van der Waals surface area (Å²) in [5, 5.41) is 0. The molecule has 2 aromatic rings. The number of benzene rings is 1. The van der Waals surface area contributed by atoms with Crippen molar-refractivity contribution in [1.29, 1.82) is 0 Å². The molecule has 0 amide bonds. The SMILES string of the molecule is CCc1cnccc1C(N)c1cccc(C)c1C. The monoisotopic (exact) mass is 240 g/mol. The van der Waals surface area contributed by atoms with Crippen molar-refractivity contribution in [3.8, 4) is 0 Å². The molecule has 2 nitrogen and oxygen atoms in total. The molecule has 0 fully saturated rings. The van der Waals surface area contributed by atoms with E-state index in [4.69, 9.17) is 5.73 Å². The molecule has 1 unspecified atom stereocenters. The third-order valence-electron chi connectivity index (χ3n) is 3.64. The van der Waals surface area contributed by atoms with Gasteiger partial charge in [0.1, 0.15) is 0 Å². The van der Waals surface area contributed by atoms with Gasteiger partial charge < -0.3 is 5.73 Å². The van der Waals surface area contributed by atoms with Crippen molar-refractivity contribution in [2.45, 2.75) is 33.2 Å². The highest BCUT2D eigenvalue weighted by molar-refractivity contribution is 5.42. The van der Waals surface area contributed by atoms with Crippen LogP contribution in [0.3, 0.4) is 0 Å². The predicted octanol–water partition coefficient (Wildman–Crippen LogP) is 3.31. The zero-order chi connectivity index (χ0) is 13.1. The number of hydrogen-bond acceptors (Lipinski definition) is 2. The lowest BCUT2D eigenvalue weighted by Gasteiger charge is -2.19. The molecule has 94 valence electrons. The maximum absolute atomic E-state index is 6.43. The van der Waals surface area contributed by atoms with Crippen molar-refractivity contribution >= 4 is 0 Å². The van der Waals surface area contributed by atoms with E-state index in [9.17, 15) is 0 Å². The Morgan fingerprint density at radius 3 is 2.67 bits per heavy atom. The van der Waals surface area contributed by atoms with Crippen LogP contribution in [-0.2, 0) is 6.42 Å². The van der Waals surface area contributed by atoms with Crippen molar-refractivity contribution in [1.82, 2.24) is 4.98 Å². The fourth-order valence-electron chi connectivity index (χ4n) is 2.31. The van der Waals surface area contributed by atoms with Crippen LogP contribution in [0.25, 0.3) is 0 Å². The number of nitrogens with zero attached hydrogens (tertiary/aromatic N) is 1. The molecule has 0 spiro atoms. The van der Waals surface area contributed by atoms with Crippen LogP contribution in [0, 0.1) is 13.8 Å². The lowest BCUT2D eigenvalue weighted by molar-refractivity contribution is 0.833. The molecular formula is C16H20N2. The fraction of sp³-hybridized carbons (Fsp3) is 0.312. The van der Waals surface area contributed by atoms with E-state index in [0.29, 0.717) is 0 Å². The van der Waals surface area contributed by atoms with Crippen molar-refractivity contribution in [3.05, 3.63) is 64.5 Å². The van der Waals surface area contributed by atoms with E-state index in [-0.39, 0.29) is 6.04 Å². The first kappa shape index (κ1) is 12.8. The van der Waals surface area contributed by atoms with Gasteiger partial charge in [-0.3, -0.25) is 4.98 Å². The Hall–Kier alpha value is -1.67. The van der Waals surface area contributed by atoms with Crippen LogP contribution in [-0.4, -0.2) is 4.98 Å². The minimum atomic E-state index is -0.0668. The smallest absolute Gasteiger partial charge is 0.0558 e. The van der Waals surface area contributed by atoms with E-state index in [2.05, 4.69) is 44.0 Å². The fourth-order valence-corrected chi connectivity index (χ4v) is 2.31. The maximum Gasteiger partial charge on any atom is 0.0558 e. The summed E-state index contributed by atoms with van der Waals surface area (Å²) < 4.78 is 0. The van der Waals surface area contributed by atoms with Crippen LogP contribution in [0.15, 0.2) is 36.7 Å². The average Bonchev–Trinajstić information content (AvgIpc) is 2.41. The minimum Gasteiger partial charge on any atom is -0.320 e. The van der Waals surface area contributed by atoms with E-state index in [1.165, 1.54) is 27.8 Å². The molecule has 0 aliphatic rings. The number of pyridine rings is 1. The first-order chi connectivity index (χ1) is 8.65. The van der Waals surface area contributed by atoms with Crippen molar-refractivity contribution in [2.24, 2.45) is 5.73 Å². The Morgan fingerprint density at radius 2 is 1.94 bits per heavy atom. The zero-order valence-corrected chi connectivity index (χ0v) is 11.3. The van der Waals surface area contributed by atoms with Gasteiger partial charge in [-0.15, -0.1) is 0 Å². The molecule has 0 aliphatic heterocycles. The molecular weight excluding hydrogens is 220 g/mol. The number of aromatic nitrogens is 1. The van der Waals surface area contributed by atoms with Gasteiger partial charge in [0.25, 0.3) is 0 Å². The van der Waals surface area contributed by atoms with E-state index in [1.54, 1.807) is 0 Å². The molecule has 2 heteroatoms. The van der Waals surface area contributed by atoms with Crippen LogP contribution < -0.4 is 5.73 Å². The molecule has 0 saturated carbocycles. The Balaban J connectivity index is 2.48. The second kappa shape index (κ2) is 5.32. The summed E-state index contributed by atoms with van der Waals surface area (Å²) >= 11 is 0. The molecule has 1 aromatic heterocycles. The standard InChI is InChI=1S/C16H20N2/c1-4-13-10-18-9-8-15(13)16(17)14-7-5-6-11(2)12(14)3/h5-10,16H,4,17H2,1-3H3. The zero-order valence-electron chi connectivity index (χ0n) is 11.3. The molecule has 18 heavy (non-hydrogen) atoms. The number of aryl methyl sites for hydroxylation is 2. The molecule has 0 bridgehead atoms. The number of rotatable bonds is 3. The topological polar surface area (TPSA) is 38.9 Å². The van der Waals surface area contributed by atoms with E-state index >= 15 is 0 Å². The Morgan fingerprint density at radius 1 is 1.17 bits per heavy atom. The van der Waals surface area contributed by atoms with Gasteiger partial charge in [0.2, 0.25) is 0 Å². The van der Waals surface area contributed by atoms with Gasteiger partial charge in [-0.05, 0) is 54.2 Å². The van der Waals surface area contributed by atoms with Gasteiger partial charge in [0.15, 0.2) is 0 Å². The van der Waals surface area contributed by atoms with Crippen molar-refractivity contribution < 1.29 is 0 Å². The van der Waals surface area contributed by atoms with E-state index < -0.39 is 0 Å². The first-order valence-electron chi connectivity index (χ1n) is 6.39. The minimum absolute atomic E-state index is 0.0668. The molecule has 2 rings (SSSR count). The van der Waals surface area contributed by atoms with Gasteiger partial charge in [0.05, 0.1) is 6.04 Å². The molecule has 0 radical (unpaired) electrons.